The van der Waals surface area contributed by atoms with Crippen molar-refractivity contribution in [3.63, 3.8) is 0 Å². The smallest absolute Gasteiger partial charge is 0.255 e. The number of aromatic nitrogens is 2. The molecule has 0 radical (unpaired) electrons. The van der Waals surface area contributed by atoms with Crippen LogP contribution in [-0.2, 0) is 0 Å². The van der Waals surface area contributed by atoms with Crippen LogP contribution in [0.5, 0.6) is 0 Å². The number of rotatable bonds is 7. The summed E-state index contributed by atoms with van der Waals surface area (Å²) < 4.78 is 24.7. The van der Waals surface area contributed by atoms with Crippen LogP contribution in [-0.4, -0.2) is 47.7 Å². The van der Waals surface area contributed by atoms with E-state index in [1.54, 1.807) is 6.07 Å². The van der Waals surface area contributed by atoms with Crippen molar-refractivity contribution in [1.29, 1.82) is 0 Å². The summed E-state index contributed by atoms with van der Waals surface area (Å²) in [5, 5.41) is 11.7. The standard InChI is InChI=1S/C10H16F2N4O/c1-2-13-10-14-4-3-9(15-10)16(5-6-17)7-8(11)12/h3-4,8,17H,2,5-7H2,1H3,(H,13,14,15). The second-order valence-corrected chi connectivity index (χ2v) is 3.33. The molecular weight excluding hydrogens is 230 g/mol. The molecule has 0 aliphatic carbocycles. The van der Waals surface area contributed by atoms with Crippen molar-refractivity contribution >= 4 is 11.8 Å². The number of nitrogens with zero attached hydrogens (tertiary/aromatic N) is 3. The molecule has 0 fully saturated rings. The lowest BCUT2D eigenvalue weighted by Crippen LogP contribution is -2.32. The molecule has 0 aromatic carbocycles. The first-order chi connectivity index (χ1) is 8.17. The molecule has 17 heavy (non-hydrogen) atoms. The number of aliphatic hydroxyl groups excluding tert-OH is 1. The van der Waals surface area contributed by atoms with Crippen molar-refractivity contribution in [2.24, 2.45) is 0 Å². The van der Waals surface area contributed by atoms with E-state index in [9.17, 15) is 8.78 Å². The van der Waals surface area contributed by atoms with Gasteiger partial charge in [-0.05, 0) is 13.0 Å². The topological polar surface area (TPSA) is 61.3 Å². The molecule has 0 unspecified atom stereocenters. The number of nitrogens with one attached hydrogen (secondary N) is 1. The van der Waals surface area contributed by atoms with Gasteiger partial charge in [-0.2, -0.15) is 4.98 Å². The van der Waals surface area contributed by atoms with E-state index < -0.39 is 13.0 Å². The van der Waals surface area contributed by atoms with E-state index in [1.165, 1.54) is 11.1 Å². The molecule has 0 aliphatic heterocycles. The molecule has 0 spiro atoms. The number of halogens is 2. The minimum Gasteiger partial charge on any atom is -0.395 e. The Morgan fingerprint density at radius 2 is 2.29 bits per heavy atom. The lowest BCUT2D eigenvalue weighted by Gasteiger charge is -2.22. The third kappa shape index (κ3) is 4.48. The lowest BCUT2D eigenvalue weighted by molar-refractivity contribution is 0.152. The second-order valence-electron chi connectivity index (χ2n) is 3.33. The van der Waals surface area contributed by atoms with Crippen LogP contribution in [0, 0.1) is 0 Å². The number of alkyl halides is 2. The first kappa shape index (κ1) is 13.6. The molecule has 0 saturated heterocycles. The molecule has 96 valence electrons. The molecule has 1 rings (SSSR count). The van der Waals surface area contributed by atoms with E-state index in [0.29, 0.717) is 18.3 Å². The molecule has 0 amide bonds. The van der Waals surface area contributed by atoms with Gasteiger partial charge in [-0.3, -0.25) is 0 Å². The van der Waals surface area contributed by atoms with Crippen LogP contribution >= 0.6 is 0 Å². The largest absolute Gasteiger partial charge is 0.395 e. The summed E-state index contributed by atoms with van der Waals surface area (Å²) in [5.41, 5.74) is 0. The summed E-state index contributed by atoms with van der Waals surface area (Å²) in [4.78, 5) is 9.37. The Bertz CT molecular complexity index is 338. The Kier molecular flexibility index (Phi) is 5.55. The van der Waals surface area contributed by atoms with Crippen LogP contribution in [0.2, 0.25) is 0 Å². The molecule has 0 atom stereocenters. The minimum atomic E-state index is -2.47. The van der Waals surface area contributed by atoms with Gasteiger partial charge < -0.3 is 15.3 Å². The molecule has 1 heterocycles. The van der Waals surface area contributed by atoms with Crippen LogP contribution in [0.15, 0.2) is 12.3 Å². The first-order valence-electron chi connectivity index (χ1n) is 5.38. The second kappa shape index (κ2) is 6.95. The van der Waals surface area contributed by atoms with Crippen LogP contribution in [0.3, 0.4) is 0 Å². The number of hydrogen-bond acceptors (Lipinski definition) is 5. The number of anilines is 2. The highest BCUT2D eigenvalue weighted by Crippen LogP contribution is 2.13. The summed E-state index contributed by atoms with van der Waals surface area (Å²) in [6.45, 7) is 2.00. The highest BCUT2D eigenvalue weighted by molar-refractivity contribution is 5.42. The van der Waals surface area contributed by atoms with Crippen LogP contribution < -0.4 is 10.2 Å². The van der Waals surface area contributed by atoms with E-state index in [2.05, 4.69) is 15.3 Å². The van der Waals surface area contributed by atoms with Crippen molar-refractivity contribution < 1.29 is 13.9 Å². The summed E-state index contributed by atoms with van der Waals surface area (Å²) >= 11 is 0. The normalized spacial score (nSPS) is 10.6. The van der Waals surface area contributed by atoms with E-state index in [0.717, 1.165) is 0 Å². The molecule has 1 aromatic heterocycles. The zero-order valence-electron chi connectivity index (χ0n) is 9.61. The predicted octanol–water partition coefficient (Wildman–Crippen LogP) is 0.972. The van der Waals surface area contributed by atoms with Crippen LogP contribution in [0.25, 0.3) is 0 Å². The molecule has 1 aromatic rings. The summed E-state index contributed by atoms with van der Waals surface area (Å²) in [5.74, 6) is 0.771. The fourth-order valence-corrected chi connectivity index (χ4v) is 1.36. The lowest BCUT2D eigenvalue weighted by atomic mass is 10.4. The van der Waals surface area contributed by atoms with E-state index in [4.69, 9.17) is 5.11 Å². The maximum absolute atomic E-state index is 12.4. The molecule has 0 saturated carbocycles. The van der Waals surface area contributed by atoms with Crippen molar-refractivity contribution in [3.8, 4) is 0 Å². The Balaban J connectivity index is 2.81. The fourth-order valence-electron chi connectivity index (χ4n) is 1.36. The van der Waals surface area contributed by atoms with Crippen LogP contribution in [0.1, 0.15) is 6.92 Å². The Labute approximate surface area is 98.5 Å². The summed E-state index contributed by atoms with van der Waals surface area (Å²) in [7, 11) is 0. The average Bonchev–Trinajstić information content (AvgIpc) is 2.29. The number of hydrogen-bond donors (Lipinski definition) is 2. The van der Waals surface area contributed by atoms with Gasteiger partial charge in [0.05, 0.1) is 13.2 Å². The van der Waals surface area contributed by atoms with Crippen molar-refractivity contribution in [3.05, 3.63) is 12.3 Å². The van der Waals surface area contributed by atoms with Crippen molar-refractivity contribution in [1.82, 2.24) is 9.97 Å². The zero-order valence-corrected chi connectivity index (χ0v) is 9.61. The number of aliphatic hydroxyl groups is 1. The van der Waals surface area contributed by atoms with E-state index in [1.807, 2.05) is 6.92 Å². The fraction of sp³-hybridized carbons (Fsp3) is 0.600. The zero-order chi connectivity index (χ0) is 12.7. The predicted molar refractivity (Wildman–Crippen MR) is 61.5 cm³/mol. The Morgan fingerprint density at radius 3 is 2.88 bits per heavy atom. The van der Waals surface area contributed by atoms with Gasteiger partial charge in [0, 0.05) is 19.3 Å². The van der Waals surface area contributed by atoms with Crippen LogP contribution in [0.4, 0.5) is 20.5 Å². The Morgan fingerprint density at radius 1 is 1.53 bits per heavy atom. The highest BCUT2D eigenvalue weighted by atomic mass is 19.3. The maximum Gasteiger partial charge on any atom is 0.255 e. The average molecular weight is 246 g/mol. The van der Waals surface area contributed by atoms with Gasteiger partial charge in [0.25, 0.3) is 6.43 Å². The minimum absolute atomic E-state index is 0.118. The van der Waals surface area contributed by atoms with Gasteiger partial charge in [0.2, 0.25) is 5.95 Å². The molecule has 5 nitrogen and oxygen atoms in total. The van der Waals surface area contributed by atoms with Gasteiger partial charge in [-0.1, -0.05) is 0 Å². The van der Waals surface area contributed by atoms with Gasteiger partial charge in [0.15, 0.2) is 0 Å². The third-order valence-electron chi connectivity index (χ3n) is 2.03. The van der Waals surface area contributed by atoms with Crippen molar-refractivity contribution in [2.75, 3.05) is 36.5 Å². The summed E-state index contributed by atoms with van der Waals surface area (Å²) in [6.07, 6.45) is -0.977. The van der Waals surface area contributed by atoms with E-state index >= 15 is 0 Å². The van der Waals surface area contributed by atoms with Gasteiger partial charge >= 0.3 is 0 Å². The third-order valence-corrected chi connectivity index (χ3v) is 2.03. The maximum atomic E-state index is 12.4. The van der Waals surface area contributed by atoms with Gasteiger partial charge in [0.1, 0.15) is 5.82 Å². The van der Waals surface area contributed by atoms with Gasteiger partial charge in [-0.25, -0.2) is 13.8 Å². The molecule has 2 N–H and O–H groups in total. The van der Waals surface area contributed by atoms with Crippen molar-refractivity contribution in [2.45, 2.75) is 13.3 Å². The van der Waals surface area contributed by atoms with Gasteiger partial charge in [-0.15, -0.1) is 0 Å². The SMILES string of the molecule is CCNc1nccc(N(CCO)CC(F)F)n1. The highest BCUT2D eigenvalue weighted by Gasteiger charge is 2.14. The summed E-state index contributed by atoms with van der Waals surface area (Å²) in [6, 6.07) is 1.54. The molecule has 0 aliphatic rings. The first-order valence-corrected chi connectivity index (χ1v) is 5.38. The van der Waals surface area contributed by atoms with E-state index in [-0.39, 0.29) is 13.2 Å². The molecule has 0 bridgehead atoms. The quantitative estimate of drug-likeness (QED) is 0.750. The molecule has 7 heteroatoms. The monoisotopic (exact) mass is 246 g/mol. The Hall–Kier alpha value is -1.50. The molecular formula is C10H16F2N4O.